The first-order chi connectivity index (χ1) is 18.5. The van der Waals surface area contributed by atoms with E-state index < -0.39 is 12.3 Å². The van der Waals surface area contributed by atoms with Gasteiger partial charge in [-0.25, -0.2) is 15.1 Å². The number of carbonyl (C=O) groups is 3. The van der Waals surface area contributed by atoms with Gasteiger partial charge in [-0.2, -0.15) is 0 Å². The predicted molar refractivity (Wildman–Crippen MR) is 140 cm³/mol. The van der Waals surface area contributed by atoms with Crippen LogP contribution in [0.3, 0.4) is 0 Å². The Bertz CT molecular complexity index is 1420. The molecule has 38 heavy (non-hydrogen) atoms. The summed E-state index contributed by atoms with van der Waals surface area (Å²) in [6.45, 7) is 1.75. The highest BCUT2D eigenvalue weighted by Crippen LogP contribution is 2.34. The molecular weight excluding hydrogens is 484 g/mol. The van der Waals surface area contributed by atoms with Gasteiger partial charge in [0, 0.05) is 67.0 Å². The number of allylic oxidation sites excluding steroid dienone is 2. The summed E-state index contributed by atoms with van der Waals surface area (Å²) in [5.41, 5.74) is 6.10. The zero-order valence-corrected chi connectivity index (χ0v) is 21.5. The van der Waals surface area contributed by atoms with Crippen molar-refractivity contribution < 1.29 is 24.0 Å². The first-order valence-corrected chi connectivity index (χ1v) is 13.4. The zero-order chi connectivity index (χ0) is 26.2. The van der Waals surface area contributed by atoms with E-state index in [0.717, 1.165) is 59.5 Å². The van der Waals surface area contributed by atoms with Crippen molar-refractivity contribution in [1.29, 1.82) is 0 Å². The molecule has 4 aliphatic rings. The van der Waals surface area contributed by atoms with Gasteiger partial charge in [0.15, 0.2) is 6.29 Å². The summed E-state index contributed by atoms with van der Waals surface area (Å²) in [6, 6.07) is 6.67. The van der Waals surface area contributed by atoms with Crippen molar-refractivity contribution in [1.82, 2.24) is 19.8 Å². The van der Waals surface area contributed by atoms with Crippen LogP contribution in [-0.4, -0.2) is 58.7 Å². The highest BCUT2D eigenvalue weighted by molar-refractivity contribution is 6.04. The van der Waals surface area contributed by atoms with Gasteiger partial charge in [0.1, 0.15) is 6.04 Å². The number of rotatable bonds is 5. The molecule has 9 nitrogen and oxygen atoms in total. The van der Waals surface area contributed by atoms with E-state index in [1.54, 1.807) is 24.1 Å². The standard InChI is InChI=1S/C29H32N4O5/c1-31-28(35)26-25-21-8-4-2-5-9-22(21)33(23(25)15-16-32(26)29(31)36)18-19-11-13-20(14-12-19)27(34)30-38-24-10-6-3-7-17-37-24/h2,4,8-9,11-14,24,26H,3,5-7,10,15-18H2,1H3,(H,30,34). The third kappa shape index (κ3) is 4.35. The number of likely N-dealkylation sites (N-methyl/N-ethyl adjacent to an activating group) is 1. The van der Waals surface area contributed by atoms with E-state index in [4.69, 9.17) is 9.57 Å². The Morgan fingerprint density at radius 3 is 2.84 bits per heavy atom. The molecule has 2 atom stereocenters. The largest absolute Gasteiger partial charge is 0.350 e. The lowest BCUT2D eigenvalue weighted by Gasteiger charge is -2.28. The molecule has 0 saturated carbocycles. The van der Waals surface area contributed by atoms with Crippen molar-refractivity contribution >= 4 is 30.0 Å². The number of imide groups is 1. The van der Waals surface area contributed by atoms with Crippen LogP contribution in [0, 0.1) is 0 Å². The molecule has 2 aromatic rings. The van der Waals surface area contributed by atoms with Crippen molar-refractivity contribution in [2.24, 2.45) is 0 Å². The first-order valence-electron chi connectivity index (χ1n) is 13.4. The van der Waals surface area contributed by atoms with E-state index in [9.17, 15) is 14.4 Å². The number of fused-ring (bicyclic) bond motifs is 5. The fourth-order valence-electron chi connectivity index (χ4n) is 5.85. The van der Waals surface area contributed by atoms with Gasteiger partial charge in [0.25, 0.3) is 11.8 Å². The van der Waals surface area contributed by atoms with Crippen LogP contribution in [0.25, 0.3) is 12.2 Å². The molecule has 0 radical (unpaired) electrons. The second-order valence-corrected chi connectivity index (χ2v) is 10.2. The molecule has 2 unspecified atom stereocenters. The molecule has 2 fully saturated rings. The topological polar surface area (TPSA) is 93.1 Å². The number of aromatic nitrogens is 1. The number of urea groups is 1. The van der Waals surface area contributed by atoms with Crippen molar-refractivity contribution in [2.75, 3.05) is 20.2 Å². The summed E-state index contributed by atoms with van der Waals surface area (Å²) in [7, 11) is 1.56. The quantitative estimate of drug-likeness (QED) is 0.486. The number of carbonyl (C=O) groups excluding carboxylic acids is 3. The lowest BCUT2D eigenvalue weighted by Crippen LogP contribution is -2.38. The first kappa shape index (κ1) is 24.6. The molecule has 1 N–H and O–H groups in total. The normalized spacial score (nSPS) is 22.6. The fourth-order valence-corrected chi connectivity index (χ4v) is 5.85. The second-order valence-electron chi connectivity index (χ2n) is 10.2. The van der Waals surface area contributed by atoms with Gasteiger partial charge in [0.05, 0.1) is 0 Å². The number of nitrogens with zero attached hydrogens (tertiary/aromatic N) is 3. The van der Waals surface area contributed by atoms with Gasteiger partial charge in [-0.05, 0) is 37.0 Å². The second kappa shape index (κ2) is 10.2. The molecule has 1 aromatic carbocycles. The molecule has 0 bridgehead atoms. The van der Waals surface area contributed by atoms with Crippen LogP contribution in [-0.2, 0) is 27.3 Å². The molecule has 9 heteroatoms. The third-order valence-electron chi connectivity index (χ3n) is 7.84. The van der Waals surface area contributed by atoms with Gasteiger partial charge in [0.2, 0.25) is 0 Å². The highest BCUT2D eigenvalue weighted by Gasteiger charge is 2.48. The monoisotopic (exact) mass is 516 g/mol. The molecule has 198 valence electrons. The van der Waals surface area contributed by atoms with E-state index in [-0.39, 0.29) is 17.8 Å². The summed E-state index contributed by atoms with van der Waals surface area (Å²) in [5.74, 6) is -0.483. The minimum Gasteiger partial charge on any atom is -0.350 e. The average Bonchev–Trinajstić information content (AvgIpc) is 3.18. The van der Waals surface area contributed by atoms with Gasteiger partial charge < -0.3 is 14.2 Å². The van der Waals surface area contributed by atoms with Crippen molar-refractivity contribution in [2.45, 2.75) is 57.4 Å². The van der Waals surface area contributed by atoms with Crippen LogP contribution in [0.2, 0.25) is 0 Å². The van der Waals surface area contributed by atoms with Gasteiger partial charge in [-0.1, -0.05) is 42.9 Å². The molecular formula is C29H32N4O5. The maximum absolute atomic E-state index is 13.1. The van der Waals surface area contributed by atoms with Crippen LogP contribution in [0.15, 0.2) is 36.4 Å². The van der Waals surface area contributed by atoms with Crippen LogP contribution in [0.5, 0.6) is 0 Å². The van der Waals surface area contributed by atoms with Crippen LogP contribution in [0.1, 0.15) is 65.3 Å². The van der Waals surface area contributed by atoms with Gasteiger partial charge in [-0.3, -0.25) is 14.5 Å². The van der Waals surface area contributed by atoms with E-state index in [2.05, 4.69) is 28.3 Å². The Kier molecular flexibility index (Phi) is 6.63. The molecule has 0 spiro atoms. The summed E-state index contributed by atoms with van der Waals surface area (Å²) < 4.78 is 7.88. The van der Waals surface area contributed by atoms with Gasteiger partial charge in [-0.15, -0.1) is 0 Å². The van der Waals surface area contributed by atoms with Crippen molar-refractivity contribution in [3.05, 3.63) is 69.4 Å². The highest BCUT2D eigenvalue weighted by atomic mass is 16.8. The summed E-state index contributed by atoms with van der Waals surface area (Å²) in [6.07, 6.45) is 13.3. The Hall–Kier alpha value is -3.69. The molecule has 4 heterocycles. The van der Waals surface area contributed by atoms with Crippen LogP contribution < -0.4 is 16.0 Å². The Labute approximate surface area is 220 Å². The van der Waals surface area contributed by atoms with Crippen LogP contribution in [0.4, 0.5) is 4.79 Å². The predicted octanol–water partition coefficient (Wildman–Crippen LogP) is 2.13. The summed E-state index contributed by atoms with van der Waals surface area (Å²) >= 11 is 0. The van der Waals surface area contributed by atoms with Crippen molar-refractivity contribution in [3.8, 4) is 0 Å². The smallest absolute Gasteiger partial charge is 0.327 e. The van der Waals surface area contributed by atoms with E-state index >= 15 is 0 Å². The Morgan fingerprint density at radius 2 is 2.00 bits per heavy atom. The molecule has 4 amide bonds. The number of nitrogens with one attached hydrogen (secondary N) is 1. The number of hydrogen-bond donors (Lipinski definition) is 1. The number of amides is 4. The molecule has 6 rings (SSSR count). The average molecular weight is 517 g/mol. The molecule has 1 aromatic heterocycles. The SMILES string of the molecule is CN1C(=O)C2c3c(n(Cc4ccc(C(=O)NOC5CCCCCO5)cc4)c4c3=CC=CCC=4)CCN2C1=O. The summed E-state index contributed by atoms with van der Waals surface area (Å²) in [4.78, 5) is 46.8. The lowest BCUT2D eigenvalue weighted by atomic mass is 9.97. The zero-order valence-electron chi connectivity index (χ0n) is 21.5. The Balaban J connectivity index is 1.25. The lowest BCUT2D eigenvalue weighted by molar-refractivity contribution is -0.167. The molecule has 2 saturated heterocycles. The third-order valence-corrected chi connectivity index (χ3v) is 7.84. The van der Waals surface area contributed by atoms with E-state index in [1.807, 2.05) is 18.2 Å². The minimum absolute atomic E-state index is 0.177. The maximum atomic E-state index is 13.1. The van der Waals surface area contributed by atoms with Crippen molar-refractivity contribution in [3.63, 3.8) is 0 Å². The number of benzene rings is 1. The van der Waals surface area contributed by atoms with E-state index in [1.165, 1.54) is 4.90 Å². The van der Waals surface area contributed by atoms with Gasteiger partial charge >= 0.3 is 6.03 Å². The molecule has 3 aliphatic heterocycles. The number of ether oxygens (including phenoxy) is 1. The number of hydroxylamine groups is 1. The van der Waals surface area contributed by atoms with E-state index in [0.29, 0.717) is 31.7 Å². The molecule has 1 aliphatic carbocycles. The fraction of sp³-hybridized carbons (Fsp3) is 0.414. The van der Waals surface area contributed by atoms with Crippen LogP contribution >= 0.6 is 0 Å². The Morgan fingerprint density at radius 1 is 1.16 bits per heavy atom. The maximum Gasteiger partial charge on any atom is 0.327 e. The summed E-state index contributed by atoms with van der Waals surface area (Å²) in [5, 5.41) is 2.07. The minimum atomic E-state index is -0.578. The number of hydrogen-bond acceptors (Lipinski definition) is 5.